The lowest BCUT2D eigenvalue weighted by molar-refractivity contribution is 0.341. The van der Waals surface area contributed by atoms with Crippen LogP contribution in [0, 0.1) is 11.8 Å². The molecular weight excluding hydrogens is 180 g/mol. The molecule has 2 aliphatic rings. The number of hydrogen-bond acceptors (Lipinski definition) is 0. The van der Waals surface area contributed by atoms with Gasteiger partial charge in [-0.15, -0.1) is 0 Å². The van der Waals surface area contributed by atoms with E-state index < -0.39 is 0 Å². The van der Waals surface area contributed by atoms with Crippen molar-refractivity contribution in [1.82, 2.24) is 0 Å². The SMILES string of the molecule is CCCCCC1CC=C2C=CCCC2C1. The van der Waals surface area contributed by atoms with Crippen LogP contribution in [-0.2, 0) is 0 Å². The summed E-state index contributed by atoms with van der Waals surface area (Å²) in [5.74, 6) is 1.91. The van der Waals surface area contributed by atoms with Gasteiger partial charge in [-0.3, -0.25) is 0 Å². The summed E-state index contributed by atoms with van der Waals surface area (Å²) in [7, 11) is 0. The summed E-state index contributed by atoms with van der Waals surface area (Å²) < 4.78 is 0. The minimum absolute atomic E-state index is 0.912. The van der Waals surface area contributed by atoms with Crippen molar-refractivity contribution in [2.75, 3.05) is 0 Å². The Kier molecular flexibility index (Phi) is 4.05. The van der Waals surface area contributed by atoms with Crippen LogP contribution in [-0.4, -0.2) is 0 Å². The summed E-state index contributed by atoms with van der Waals surface area (Å²) in [6.45, 7) is 2.30. The fourth-order valence-corrected chi connectivity index (χ4v) is 3.03. The molecule has 0 aromatic heterocycles. The van der Waals surface area contributed by atoms with Crippen LogP contribution in [0.1, 0.15) is 58.3 Å². The van der Waals surface area contributed by atoms with E-state index in [0.29, 0.717) is 0 Å². The molecule has 0 heteroatoms. The highest BCUT2D eigenvalue weighted by molar-refractivity contribution is 5.26. The monoisotopic (exact) mass is 204 g/mol. The van der Waals surface area contributed by atoms with Gasteiger partial charge in [0.05, 0.1) is 0 Å². The molecule has 0 aromatic carbocycles. The highest BCUT2D eigenvalue weighted by atomic mass is 14.3. The Hall–Kier alpha value is -0.520. The van der Waals surface area contributed by atoms with Crippen molar-refractivity contribution in [3.8, 4) is 0 Å². The van der Waals surface area contributed by atoms with Gasteiger partial charge in [-0.1, -0.05) is 50.8 Å². The second-order valence-corrected chi connectivity index (χ2v) is 5.21. The van der Waals surface area contributed by atoms with Crippen LogP contribution >= 0.6 is 0 Å². The smallest absolute Gasteiger partial charge is 0.0160 e. The first-order chi connectivity index (χ1) is 7.40. The molecule has 84 valence electrons. The quantitative estimate of drug-likeness (QED) is 0.573. The maximum Gasteiger partial charge on any atom is -0.0160 e. The van der Waals surface area contributed by atoms with Crippen LogP contribution in [0.2, 0.25) is 0 Å². The van der Waals surface area contributed by atoms with Gasteiger partial charge in [0.2, 0.25) is 0 Å². The molecule has 0 spiro atoms. The number of hydrogen-bond donors (Lipinski definition) is 0. The maximum atomic E-state index is 2.51. The molecule has 0 bridgehead atoms. The standard InChI is InChI=1S/C15H24/c1-2-3-4-7-13-10-11-14-8-5-6-9-15(14)12-13/h5,8,11,13,15H,2-4,6-7,9-10,12H2,1H3. The third kappa shape index (κ3) is 2.96. The van der Waals surface area contributed by atoms with Gasteiger partial charge in [0.1, 0.15) is 0 Å². The van der Waals surface area contributed by atoms with Crippen LogP contribution in [0.3, 0.4) is 0 Å². The maximum absolute atomic E-state index is 2.51. The fourth-order valence-electron chi connectivity index (χ4n) is 3.03. The molecule has 0 radical (unpaired) electrons. The van der Waals surface area contributed by atoms with Crippen LogP contribution in [0.15, 0.2) is 23.8 Å². The zero-order valence-corrected chi connectivity index (χ0v) is 10.0. The first-order valence-corrected chi connectivity index (χ1v) is 6.76. The molecule has 15 heavy (non-hydrogen) atoms. The molecule has 0 heterocycles. The molecule has 0 aliphatic heterocycles. The van der Waals surface area contributed by atoms with Crippen molar-refractivity contribution >= 4 is 0 Å². The number of unbranched alkanes of at least 4 members (excludes halogenated alkanes) is 2. The molecule has 0 amide bonds. The molecule has 2 atom stereocenters. The Morgan fingerprint density at radius 2 is 2.27 bits per heavy atom. The van der Waals surface area contributed by atoms with Gasteiger partial charge in [0.15, 0.2) is 0 Å². The highest BCUT2D eigenvalue weighted by Crippen LogP contribution is 2.37. The van der Waals surface area contributed by atoms with Gasteiger partial charge in [-0.05, 0) is 43.1 Å². The Bertz CT molecular complexity index is 247. The van der Waals surface area contributed by atoms with E-state index in [0.717, 1.165) is 11.8 Å². The summed E-state index contributed by atoms with van der Waals surface area (Å²) in [6.07, 6.45) is 18.5. The topological polar surface area (TPSA) is 0 Å². The summed E-state index contributed by atoms with van der Waals surface area (Å²) in [5.41, 5.74) is 1.65. The van der Waals surface area contributed by atoms with Gasteiger partial charge >= 0.3 is 0 Å². The summed E-state index contributed by atoms with van der Waals surface area (Å²) in [4.78, 5) is 0. The summed E-state index contributed by atoms with van der Waals surface area (Å²) >= 11 is 0. The largest absolute Gasteiger partial charge is 0.0842 e. The highest BCUT2D eigenvalue weighted by Gasteiger charge is 2.23. The van der Waals surface area contributed by atoms with E-state index in [2.05, 4.69) is 25.2 Å². The van der Waals surface area contributed by atoms with Crippen LogP contribution in [0.4, 0.5) is 0 Å². The molecule has 0 aromatic rings. The average molecular weight is 204 g/mol. The van der Waals surface area contributed by atoms with Crippen LogP contribution in [0.5, 0.6) is 0 Å². The zero-order chi connectivity index (χ0) is 10.5. The third-order valence-corrected chi connectivity index (χ3v) is 3.98. The molecule has 0 saturated heterocycles. The molecule has 2 unspecified atom stereocenters. The fraction of sp³-hybridized carbons (Fsp3) is 0.733. The minimum Gasteiger partial charge on any atom is -0.0842 e. The predicted molar refractivity (Wildman–Crippen MR) is 66.8 cm³/mol. The lowest BCUT2D eigenvalue weighted by Gasteiger charge is -2.30. The molecular formula is C15H24. The van der Waals surface area contributed by atoms with Gasteiger partial charge in [-0.25, -0.2) is 0 Å². The van der Waals surface area contributed by atoms with Crippen molar-refractivity contribution in [1.29, 1.82) is 0 Å². The molecule has 0 N–H and O–H groups in total. The lowest BCUT2D eigenvalue weighted by Crippen LogP contribution is -2.17. The van der Waals surface area contributed by atoms with Gasteiger partial charge in [0.25, 0.3) is 0 Å². The Morgan fingerprint density at radius 1 is 1.33 bits per heavy atom. The van der Waals surface area contributed by atoms with E-state index in [1.165, 1.54) is 51.4 Å². The van der Waals surface area contributed by atoms with Crippen molar-refractivity contribution in [2.24, 2.45) is 11.8 Å². The van der Waals surface area contributed by atoms with Gasteiger partial charge in [-0.2, -0.15) is 0 Å². The van der Waals surface area contributed by atoms with E-state index in [1.807, 2.05) is 0 Å². The molecule has 2 aliphatic carbocycles. The van der Waals surface area contributed by atoms with E-state index in [-0.39, 0.29) is 0 Å². The Morgan fingerprint density at radius 3 is 3.13 bits per heavy atom. The summed E-state index contributed by atoms with van der Waals surface area (Å²) in [5, 5.41) is 0. The first kappa shape index (κ1) is 11.0. The van der Waals surface area contributed by atoms with E-state index >= 15 is 0 Å². The van der Waals surface area contributed by atoms with Crippen LogP contribution in [0.25, 0.3) is 0 Å². The lowest BCUT2D eigenvalue weighted by atomic mass is 9.75. The molecule has 0 nitrogen and oxygen atoms in total. The van der Waals surface area contributed by atoms with Crippen molar-refractivity contribution in [3.05, 3.63) is 23.8 Å². The number of allylic oxidation sites excluding steroid dienone is 4. The van der Waals surface area contributed by atoms with Crippen LogP contribution < -0.4 is 0 Å². The predicted octanol–water partition coefficient (Wildman–Crippen LogP) is 4.87. The van der Waals surface area contributed by atoms with Crippen molar-refractivity contribution in [3.63, 3.8) is 0 Å². The van der Waals surface area contributed by atoms with E-state index in [1.54, 1.807) is 5.57 Å². The van der Waals surface area contributed by atoms with E-state index in [4.69, 9.17) is 0 Å². The Balaban J connectivity index is 1.82. The molecule has 0 fully saturated rings. The average Bonchev–Trinajstić information content (AvgIpc) is 2.29. The molecule has 2 rings (SSSR count). The zero-order valence-electron chi connectivity index (χ0n) is 10.0. The second-order valence-electron chi connectivity index (χ2n) is 5.21. The van der Waals surface area contributed by atoms with Gasteiger partial charge in [0, 0.05) is 0 Å². The summed E-state index contributed by atoms with van der Waals surface area (Å²) in [6, 6.07) is 0. The number of fused-ring (bicyclic) bond motifs is 1. The van der Waals surface area contributed by atoms with Gasteiger partial charge < -0.3 is 0 Å². The second kappa shape index (κ2) is 5.53. The Labute approximate surface area is 94.5 Å². The van der Waals surface area contributed by atoms with E-state index in [9.17, 15) is 0 Å². The third-order valence-electron chi connectivity index (χ3n) is 3.98. The molecule has 0 saturated carbocycles. The van der Waals surface area contributed by atoms with Crippen molar-refractivity contribution in [2.45, 2.75) is 58.3 Å². The number of rotatable bonds is 4. The normalized spacial score (nSPS) is 29.8. The van der Waals surface area contributed by atoms with Crippen molar-refractivity contribution < 1.29 is 0 Å². The first-order valence-electron chi connectivity index (χ1n) is 6.76. The minimum atomic E-state index is 0.912.